The van der Waals surface area contributed by atoms with Crippen LogP contribution >= 0.6 is 11.6 Å². The summed E-state index contributed by atoms with van der Waals surface area (Å²) in [5.41, 5.74) is 2.35. The summed E-state index contributed by atoms with van der Waals surface area (Å²) in [6.07, 6.45) is 4.29. The predicted octanol–water partition coefficient (Wildman–Crippen LogP) is 3.72. The Bertz CT molecular complexity index is 786. The van der Waals surface area contributed by atoms with Gasteiger partial charge in [0.1, 0.15) is 5.75 Å². The van der Waals surface area contributed by atoms with E-state index in [0.29, 0.717) is 16.4 Å². The normalized spacial score (nSPS) is 10.8. The number of benzene rings is 1. The van der Waals surface area contributed by atoms with Gasteiger partial charge in [-0.2, -0.15) is 4.98 Å². The van der Waals surface area contributed by atoms with E-state index in [-0.39, 0.29) is 11.6 Å². The Hall–Kier alpha value is -2.40. The molecule has 0 radical (unpaired) electrons. The van der Waals surface area contributed by atoms with Gasteiger partial charge in [0, 0.05) is 23.0 Å². The van der Waals surface area contributed by atoms with E-state index in [0.717, 1.165) is 17.5 Å². The number of phenols is 1. The second-order valence-corrected chi connectivity index (χ2v) is 4.91. The standard InChI is InChI=1S/C15H12ClN3O2/c1-2-9-8-17-6-5-11(9)14-18-15(21-19-14)12-4-3-10(16)7-13(12)20/h3-8,20H,2H2,1H3. The van der Waals surface area contributed by atoms with Crippen LogP contribution in [0.5, 0.6) is 5.75 Å². The Morgan fingerprint density at radius 2 is 2.10 bits per heavy atom. The number of halogens is 1. The third kappa shape index (κ3) is 2.60. The van der Waals surface area contributed by atoms with Gasteiger partial charge in [0.15, 0.2) is 0 Å². The zero-order valence-corrected chi connectivity index (χ0v) is 12.0. The van der Waals surface area contributed by atoms with Gasteiger partial charge in [-0.25, -0.2) is 0 Å². The zero-order valence-electron chi connectivity index (χ0n) is 11.2. The Labute approximate surface area is 126 Å². The molecule has 1 aromatic carbocycles. The lowest BCUT2D eigenvalue weighted by molar-refractivity contribution is 0.425. The summed E-state index contributed by atoms with van der Waals surface area (Å²) in [5, 5.41) is 14.3. The van der Waals surface area contributed by atoms with Crippen LogP contribution in [0, 0.1) is 0 Å². The SMILES string of the molecule is CCc1cnccc1-c1noc(-c2ccc(Cl)cc2O)n1. The van der Waals surface area contributed by atoms with Gasteiger partial charge >= 0.3 is 0 Å². The molecule has 2 heterocycles. The van der Waals surface area contributed by atoms with Crippen molar-refractivity contribution in [2.24, 2.45) is 0 Å². The number of hydrogen-bond acceptors (Lipinski definition) is 5. The van der Waals surface area contributed by atoms with Gasteiger partial charge in [0.05, 0.1) is 5.56 Å². The van der Waals surface area contributed by atoms with E-state index in [1.54, 1.807) is 24.5 Å². The van der Waals surface area contributed by atoms with E-state index in [4.69, 9.17) is 16.1 Å². The number of aryl methyl sites for hydroxylation is 1. The highest BCUT2D eigenvalue weighted by Crippen LogP contribution is 2.32. The molecule has 21 heavy (non-hydrogen) atoms. The highest BCUT2D eigenvalue weighted by molar-refractivity contribution is 6.30. The van der Waals surface area contributed by atoms with Crippen molar-refractivity contribution in [2.45, 2.75) is 13.3 Å². The van der Waals surface area contributed by atoms with E-state index in [1.165, 1.54) is 6.07 Å². The van der Waals surface area contributed by atoms with Gasteiger partial charge in [-0.3, -0.25) is 4.98 Å². The summed E-state index contributed by atoms with van der Waals surface area (Å²) < 4.78 is 5.24. The van der Waals surface area contributed by atoms with Crippen LogP contribution in [0.15, 0.2) is 41.2 Å². The van der Waals surface area contributed by atoms with Crippen LogP contribution in [-0.4, -0.2) is 20.2 Å². The van der Waals surface area contributed by atoms with Gasteiger partial charge in [-0.1, -0.05) is 23.7 Å². The van der Waals surface area contributed by atoms with Crippen molar-refractivity contribution < 1.29 is 9.63 Å². The van der Waals surface area contributed by atoms with Crippen LogP contribution in [0.2, 0.25) is 5.02 Å². The quantitative estimate of drug-likeness (QED) is 0.798. The van der Waals surface area contributed by atoms with Crippen LogP contribution in [-0.2, 0) is 6.42 Å². The maximum Gasteiger partial charge on any atom is 0.261 e. The second-order valence-electron chi connectivity index (χ2n) is 4.47. The van der Waals surface area contributed by atoms with Crippen molar-refractivity contribution in [3.63, 3.8) is 0 Å². The molecule has 5 nitrogen and oxygen atoms in total. The lowest BCUT2D eigenvalue weighted by Crippen LogP contribution is -1.90. The van der Waals surface area contributed by atoms with E-state index < -0.39 is 0 Å². The number of aromatic nitrogens is 3. The summed E-state index contributed by atoms with van der Waals surface area (Å²) in [6.45, 7) is 2.03. The maximum absolute atomic E-state index is 9.90. The summed E-state index contributed by atoms with van der Waals surface area (Å²) in [4.78, 5) is 8.43. The molecular formula is C15H12ClN3O2. The minimum atomic E-state index is 0.00291. The van der Waals surface area contributed by atoms with E-state index in [1.807, 2.05) is 13.0 Å². The van der Waals surface area contributed by atoms with Crippen LogP contribution < -0.4 is 0 Å². The molecule has 2 aromatic heterocycles. The van der Waals surface area contributed by atoms with E-state index in [2.05, 4.69) is 15.1 Å². The maximum atomic E-state index is 9.90. The molecule has 0 atom stereocenters. The third-order valence-corrected chi connectivity index (χ3v) is 3.38. The minimum Gasteiger partial charge on any atom is -0.507 e. The van der Waals surface area contributed by atoms with Crippen LogP contribution in [0.3, 0.4) is 0 Å². The Balaban J connectivity index is 2.04. The largest absolute Gasteiger partial charge is 0.507 e. The Morgan fingerprint density at radius 1 is 1.24 bits per heavy atom. The molecule has 0 spiro atoms. The predicted molar refractivity (Wildman–Crippen MR) is 79.0 cm³/mol. The number of pyridine rings is 1. The third-order valence-electron chi connectivity index (χ3n) is 3.14. The van der Waals surface area contributed by atoms with E-state index >= 15 is 0 Å². The van der Waals surface area contributed by atoms with Crippen molar-refractivity contribution in [1.29, 1.82) is 0 Å². The van der Waals surface area contributed by atoms with Gasteiger partial charge in [0.25, 0.3) is 5.89 Å². The molecule has 0 bridgehead atoms. The highest BCUT2D eigenvalue weighted by Gasteiger charge is 2.15. The average molecular weight is 302 g/mol. The second kappa shape index (κ2) is 5.54. The molecule has 6 heteroatoms. The first-order valence-corrected chi connectivity index (χ1v) is 6.82. The van der Waals surface area contributed by atoms with Crippen molar-refractivity contribution in [1.82, 2.24) is 15.1 Å². The molecule has 0 amide bonds. The lowest BCUT2D eigenvalue weighted by Gasteiger charge is -2.01. The minimum absolute atomic E-state index is 0.00291. The van der Waals surface area contributed by atoms with E-state index in [9.17, 15) is 5.11 Å². The summed E-state index contributed by atoms with van der Waals surface area (Å²) in [5.74, 6) is 0.722. The number of nitrogens with zero attached hydrogens (tertiary/aromatic N) is 3. The smallest absolute Gasteiger partial charge is 0.261 e. The Morgan fingerprint density at radius 3 is 2.86 bits per heavy atom. The summed E-state index contributed by atoms with van der Waals surface area (Å²) >= 11 is 5.81. The number of phenolic OH excluding ortho intramolecular Hbond substituents is 1. The lowest BCUT2D eigenvalue weighted by atomic mass is 10.1. The topological polar surface area (TPSA) is 72.0 Å². The average Bonchev–Trinajstić information content (AvgIpc) is 2.96. The fraction of sp³-hybridized carbons (Fsp3) is 0.133. The van der Waals surface area contributed by atoms with Gasteiger partial charge in [-0.05, 0) is 36.2 Å². The molecule has 0 saturated heterocycles. The Kier molecular flexibility index (Phi) is 3.58. The molecule has 0 saturated carbocycles. The van der Waals surface area contributed by atoms with Crippen molar-refractivity contribution in [2.75, 3.05) is 0 Å². The van der Waals surface area contributed by atoms with Crippen LogP contribution in [0.1, 0.15) is 12.5 Å². The molecule has 0 unspecified atom stereocenters. The molecule has 106 valence electrons. The molecule has 1 N–H and O–H groups in total. The van der Waals surface area contributed by atoms with Crippen molar-refractivity contribution >= 4 is 11.6 Å². The molecular weight excluding hydrogens is 290 g/mol. The van der Waals surface area contributed by atoms with Gasteiger partial charge in [0.2, 0.25) is 5.82 Å². The first-order valence-electron chi connectivity index (χ1n) is 6.45. The summed E-state index contributed by atoms with van der Waals surface area (Å²) in [6, 6.07) is 6.58. The van der Waals surface area contributed by atoms with Crippen molar-refractivity contribution in [3.05, 3.63) is 47.2 Å². The molecule has 0 aliphatic heterocycles. The summed E-state index contributed by atoms with van der Waals surface area (Å²) in [7, 11) is 0. The molecule has 0 fully saturated rings. The van der Waals surface area contributed by atoms with Crippen LogP contribution in [0.4, 0.5) is 0 Å². The first-order chi connectivity index (χ1) is 10.2. The molecule has 0 aliphatic rings. The number of aromatic hydroxyl groups is 1. The molecule has 3 rings (SSSR count). The molecule has 3 aromatic rings. The van der Waals surface area contributed by atoms with Crippen molar-refractivity contribution in [3.8, 4) is 28.6 Å². The highest BCUT2D eigenvalue weighted by atomic mass is 35.5. The molecule has 0 aliphatic carbocycles. The monoisotopic (exact) mass is 301 g/mol. The fourth-order valence-corrected chi connectivity index (χ4v) is 2.22. The van der Waals surface area contributed by atoms with Crippen LogP contribution in [0.25, 0.3) is 22.8 Å². The van der Waals surface area contributed by atoms with Gasteiger partial charge in [-0.15, -0.1) is 0 Å². The number of rotatable bonds is 3. The fourth-order valence-electron chi connectivity index (χ4n) is 2.05. The first kappa shape index (κ1) is 13.6. The van der Waals surface area contributed by atoms with Gasteiger partial charge < -0.3 is 9.63 Å². The number of hydrogen-bond donors (Lipinski definition) is 1. The zero-order chi connectivity index (χ0) is 14.8.